The minimum atomic E-state index is -4.10. The topological polar surface area (TPSA) is 101 Å². The molecule has 2 heterocycles. The third kappa shape index (κ3) is 4.59. The number of benzene rings is 2. The first-order chi connectivity index (χ1) is 15.2. The third-order valence-corrected chi connectivity index (χ3v) is 7.22. The van der Waals surface area contributed by atoms with Crippen molar-refractivity contribution in [2.75, 3.05) is 4.72 Å². The molecule has 2 aromatic heterocycles. The van der Waals surface area contributed by atoms with Crippen molar-refractivity contribution in [3.05, 3.63) is 82.6 Å². The van der Waals surface area contributed by atoms with Gasteiger partial charge in [-0.3, -0.25) is 9.52 Å². The Morgan fingerprint density at radius 2 is 1.88 bits per heavy atom. The van der Waals surface area contributed by atoms with E-state index in [9.17, 15) is 13.2 Å². The summed E-state index contributed by atoms with van der Waals surface area (Å²) in [6, 6.07) is 13.6. The molecular weight excluding hydrogens is 468 g/mol. The molecule has 7 nitrogen and oxygen atoms in total. The lowest BCUT2D eigenvalue weighted by atomic mass is 10.1. The highest BCUT2D eigenvalue weighted by Gasteiger charge is 2.24. The van der Waals surface area contributed by atoms with Gasteiger partial charge in [-0.2, -0.15) is 12.8 Å². The van der Waals surface area contributed by atoms with Crippen LogP contribution in [-0.4, -0.2) is 23.7 Å². The molecule has 4 aromatic rings. The van der Waals surface area contributed by atoms with Crippen LogP contribution in [0.4, 0.5) is 5.69 Å². The molecule has 0 aliphatic carbocycles. The molecule has 2 aromatic carbocycles. The van der Waals surface area contributed by atoms with Crippen LogP contribution in [0.2, 0.25) is 5.02 Å². The van der Waals surface area contributed by atoms with E-state index in [4.69, 9.17) is 11.6 Å². The summed E-state index contributed by atoms with van der Waals surface area (Å²) in [7, 11) is -4.10. The molecule has 0 spiro atoms. The zero-order chi connectivity index (χ0) is 22.9. The lowest BCUT2D eigenvalue weighted by Gasteiger charge is -2.17. The number of aromatic nitrogens is 2. The van der Waals surface area contributed by atoms with Crippen molar-refractivity contribution in [1.29, 1.82) is 0 Å². The number of nitrogens with one attached hydrogen (secondary N) is 2. The zero-order valence-electron chi connectivity index (χ0n) is 17.2. The number of carbonyl (C=O) groups excluding carboxylic acids is 1. The predicted molar refractivity (Wildman–Crippen MR) is 127 cm³/mol. The van der Waals surface area contributed by atoms with Gasteiger partial charge in [0.1, 0.15) is 0 Å². The normalized spacial score (nSPS) is 12.5. The smallest absolute Gasteiger partial charge is 0.280 e. The molecule has 0 saturated heterocycles. The van der Waals surface area contributed by atoms with Gasteiger partial charge >= 0.3 is 0 Å². The number of fused-ring (bicyclic) bond motifs is 1. The van der Waals surface area contributed by atoms with Crippen LogP contribution >= 0.6 is 23.1 Å². The Hall–Kier alpha value is -3.01. The number of carbonyl (C=O) groups is 1. The van der Waals surface area contributed by atoms with Crippen LogP contribution < -0.4 is 10.0 Å². The first-order valence-corrected chi connectivity index (χ1v) is 12.3. The zero-order valence-corrected chi connectivity index (χ0v) is 19.6. The molecule has 1 atom stereocenters. The summed E-state index contributed by atoms with van der Waals surface area (Å²) in [4.78, 5) is 17.0. The summed E-state index contributed by atoms with van der Waals surface area (Å²) in [5.74, 6) is -0.434. The Morgan fingerprint density at radius 3 is 2.62 bits per heavy atom. The maximum Gasteiger partial charge on any atom is 0.280 e. The molecule has 0 bridgehead atoms. The summed E-state index contributed by atoms with van der Waals surface area (Å²) in [6.45, 7) is 3.84. The molecule has 0 saturated carbocycles. The Bertz CT molecular complexity index is 1400. The fourth-order valence-corrected chi connectivity index (χ4v) is 5.28. The van der Waals surface area contributed by atoms with Crippen LogP contribution in [0.5, 0.6) is 0 Å². The Labute approximate surface area is 194 Å². The number of halogens is 1. The van der Waals surface area contributed by atoms with Crippen LogP contribution in [0.1, 0.15) is 34.5 Å². The maximum atomic E-state index is 13.1. The van der Waals surface area contributed by atoms with Crippen LogP contribution in [0.3, 0.4) is 0 Å². The molecule has 0 radical (unpaired) electrons. The van der Waals surface area contributed by atoms with Gasteiger partial charge in [0.25, 0.3) is 15.9 Å². The van der Waals surface area contributed by atoms with E-state index in [-0.39, 0.29) is 27.3 Å². The molecule has 0 fully saturated rings. The van der Waals surface area contributed by atoms with Gasteiger partial charge < -0.3 is 5.32 Å². The largest absolute Gasteiger partial charge is 0.345 e. The number of sulfonamides is 1. The highest BCUT2D eigenvalue weighted by molar-refractivity contribution is 7.92. The highest BCUT2D eigenvalue weighted by Crippen LogP contribution is 2.28. The molecule has 0 aliphatic heterocycles. The molecule has 4 rings (SSSR count). The van der Waals surface area contributed by atoms with Crippen molar-refractivity contribution < 1.29 is 13.2 Å². The number of nitrogens with zero attached hydrogens (tertiary/aromatic N) is 2. The monoisotopic (exact) mass is 486 g/mol. The van der Waals surface area contributed by atoms with Crippen molar-refractivity contribution in [2.24, 2.45) is 0 Å². The number of hydrogen-bond acceptors (Lipinski definition) is 6. The summed E-state index contributed by atoms with van der Waals surface area (Å²) >= 11 is 7.27. The number of pyridine rings is 1. The second kappa shape index (κ2) is 8.85. The van der Waals surface area contributed by atoms with Gasteiger partial charge in [0.15, 0.2) is 5.03 Å². The highest BCUT2D eigenvalue weighted by atomic mass is 35.5. The lowest BCUT2D eigenvalue weighted by Crippen LogP contribution is -2.28. The minimum absolute atomic E-state index is 0.0631. The average molecular weight is 487 g/mol. The van der Waals surface area contributed by atoms with Crippen LogP contribution in [0.25, 0.3) is 10.1 Å². The SMILES string of the molecule is Cc1ccc(C(C)NC(=O)c2ccc(Cl)cc2NS(=O)(=O)c2nccc3sncc23)cc1. The number of amides is 1. The number of hydrogen-bond donors (Lipinski definition) is 2. The van der Waals surface area contributed by atoms with E-state index in [1.54, 1.807) is 6.07 Å². The fraction of sp³-hybridized carbons (Fsp3) is 0.136. The molecular formula is C22H19ClN4O3S2. The van der Waals surface area contributed by atoms with E-state index in [1.165, 1.54) is 42.1 Å². The third-order valence-electron chi connectivity index (χ3n) is 4.90. The lowest BCUT2D eigenvalue weighted by molar-refractivity contribution is 0.0941. The van der Waals surface area contributed by atoms with Gasteiger partial charge in [-0.1, -0.05) is 41.4 Å². The van der Waals surface area contributed by atoms with E-state index in [0.29, 0.717) is 10.1 Å². The number of aryl methyl sites for hydroxylation is 1. The van der Waals surface area contributed by atoms with E-state index in [2.05, 4.69) is 19.4 Å². The van der Waals surface area contributed by atoms with E-state index in [1.807, 2.05) is 38.1 Å². The fourth-order valence-electron chi connectivity index (χ4n) is 3.19. The van der Waals surface area contributed by atoms with Gasteiger partial charge in [-0.15, -0.1) is 0 Å². The second-order valence-electron chi connectivity index (χ2n) is 7.25. The van der Waals surface area contributed by atoms with Gasteiger partial charge in [-0.05, 0) is 55.2 Å². The second-order valence-corrected chi connectivity index (χ2v) is 10.1. The quantitative estimate of drug-likeness (QED) is 0.401. The molecule has 164 valence electrons. The van der Waals surface area contributed by atoms with Crippen LogP contribution in [-0.2, 0) is 10.0 Å². The van der Waals surface area contributed by atoms with Crippen molar-refractivity contribution in [2.45, 2.75) is 24.9 Å². The first kappa shape index (κ1) is 22.2. The van der Waals surface area contributed by atoms with E-state index >= 15 is 0 Å². The van der Waals surface area contributed by atoms with Crippen molar-refractivity contribution >= 4 is 54.8 Å². The van der Waals surface area contributed by atoms with E-state index in [0.717, 1.165) is 11.1 Å². The standard InChI is InChI=1S/C22H19ClN4O3S2/c1-13-3-5-15(6-4-13)14(2)26-21(28)17-8-7-16(23)11-19(17)27-32(29,30)22-18-12-25-31-20(18)9-10-24-22/h3-12,14,27H,1-2H3,(H,26,28). The average Bonchev–Trinajstić information content (AvgIpc) is 3.22. The molecule has 32 heavy (non-hydrogen) atoms. The van der Waals surface area contributed by atoms with Gasteiger partial charge in [0, 0.05) is 11.2 Å². The Kier molecular flexibility index (Phi) is 6.14. The van der Waals surface area contributed by atoms with Gasteiger partial charge in [0.05, 0.1) is 33.6 Å². The minimum Gasteiger partial charge on any atom is -0.345 e. The summed E-state index contributed by atoms with van der Waals surface area (Å²) in [5.41, 5.74) is 2.26. The predicted octanol–water partition coefficient (Wildman–Crippen LogP) is 4.94. The summed E-state index contributed by atoms with van der Waals surface area (Å²) in [5, 5.41) is 3.43. The molecule has 1 amide bonds. The van der Waals surface area contributed by atoms with Crippen molar-refractivity contribution in [3.8, 4) is 0 Å². The van der Waals surface area contributed by atoms with Crippen molar-refractivity contribution in [3.63, 3.8) is 0 Å². The number of anilines is 1. The molecule has 0 aliphatic rings. The maximum absolute atomic E-state index is 13.1. The van der Waals surface area contributed by atoms with Gasteiger partial charge in [0.2, 0.25) is 0 Å². The molecule has 1 unspecified atom stereocenters. The Morgan fingerprint density at radius 1 is 1.12 bits per heavy atom. The van der Waals surface area contributed by atoms with Crippen LogP contribution in [0, 0.1) is 6.92 Å². The number of rotatable bonds is 6. The summed E-state index contributed by atoms with van der Waals surface area (Å²) < 4.78 is 33.4. The van der Waals surface area contributed by atoms with E-state index < -0.39 is 15.9 Å². The first-order valence-electron chi connectivity index (χ1n) is 9.64. The molecule has 2 N–H and O–H groups in total. The van der Waals surface area contributed by atoms with Gasteiger partial charge in [-0.25, -0.2) is 4.98 Å². The summed E-state index contributed by atoms with van der Waals surface area (Å²) in [6.07, 6.45) is 2.86. The van der Waals surface area contributed by atoms with Crippen LogP contribution in [0.15, 0.2) is 66.0 Å². The Balaban J connectivity index is 1.64. The van der Waals surface area contributed by atoms with Crippen molar-refractivity contribution in [1.82, 2.24) is 14.7 Å². The molecule has 10 heteroatoms.